The molecule has 1 unspecified atom stereocenters. The van der Waals surface area contributed by atoms with E-state index in [2.05, 4.69) is 16.5 Å². The van der Waals surface area contributed by atoms with Gasteiger partial charge in [-0.1, -0.05) is 17.7 Å². The van der Waals surface area contributed by atoms with Crippen molar-refractivity contribution in [3.05, 3.63) is 48.3 Å². The number of nitrogens with zero attached hydrogens (tertiary/aromatic N) is 2. The van der Waals surface area contributed by atoms with Gasteiger partial charge in [0.05, 0.1) is 29.0 Å². The molecule has 2 rings (SSSR count). The lowest BCUT2D eigenvalue weighted by Crippen LogP contribution is -2.02. The van der Waals surface area contributed by atoms with Crippen molar-refractivity contribution in [3.63, 3.8) is 0 Å². The fraction of sp³-hybridized carbons (Fsp3) is 0.286. The Balaban J connectivity index is 2.20. The smallest absolute Gasteiger partial charge is 0.0978 e. The van der Waals surface area contributed by atoms with E-state index >= 15 is 0 Å². The number of aromatic nitrogens is 2. The minimum atomic E-state index is -0.566. The summed E-state index contributed by atoms with van der Waals surface area (Å²) in [5, 5.41) is 9.99. The predicted molar refractivity (Wildman–Crippen MR) is 68.5 cm³/mol. The van der Waals surface area contributed by atoms with E-state index < -0.39 is 6.10 Å². The third kappa shape index (κ3) is 2.88. The molecule has 0 fully saturated rings. The quantitative estimate of drug-likeness (QED) is 0.818. The number of benzene rings is 1. The van der Waals surface area contributed by atoms with E-state index in [0.717, 1.165) is 23.0 Å². The van der Waals surface area contributed by atoms with E-state index in [0.29, 0.717) is 12.1 Å². The molecule has 88 valence electrons. The molecule has 0 saturated carbocycles. The molecule has 1 heterocycles. The first-order chi connectivity index (χ1) is 8.16. The molecule has 0 aliphatic rings. The minimum Gasteiger partial charge on any atom is -0.387 e. The van der Waals surface area contributed by atoms with Gasteiger partial charge in [0.15, 0.2) is 0 Å². The van der Waals surface area contributed by atoms with Crippen molar-refractivity contribution in [1.29, 1.82) is 0 Å². The van der Waals surface area contributed by atoms with Crippen LogP contribution >= 0.6 is 0 Å². The van der Waals surface area contributed by atoms with Gasteiger partial charge < -0.3 is 5.11 Å². The van der Waals surface area contributed by atoms with Gasteiger partial charge in [0.25, 0.3) is 0 Å². The largest absolute Gasteiger partial charge is 0.387 e. The van der Waals surface area contributed by atoms with Gasteiger partial charge in [0.1, 0.15) is 0 Å². The van der Waals surface area contributed by atoms with Gasteiger partial charge in [-0.05, 0) is 31.9 Å². The first-order valence-corrected chi connectivity index (χ1v) is 5.71. The van der Waals surface area contributed by atoms with Crippen LogP contribution < -0.4 is 0 Å². The second kappa shape index (κ2) is 5.06. The number of allylic oxidation sites excluding steroid dienone is 1. The van der Waals surface area contributed by atoms with Crippen molar-refractivity contribution in [2.24, 2.45) is 0 Å². The summed E-state index contributed by atoms with van der Waals surface area (Å²) >= 11 is 0. The van der Waals surface area contributed by atoms with Crippen molar-refractivity contribution in [2.45, 2.75) is 25.9 Å². The summed E-state index contributed by atoms with van der Waals surface area (Å²) in [5.41, 5.74) is 3.37. The standard InChI is InChI=1S/C14H16N2O/c1-10(2)7-8-14(17)13-9-15-11-5-3-4-6-12(11)16-13/h3-6,9,14,17H,1,7-8H2,2H3. The second-order valence-electron chi connectivity index (χ2n) is 4.30. The normalized spacial score (nSPS) is 12.6. The monoisotopic (exact) mass is 228 g/mol. The first kappa shape index (κ1) is 11.7. The van der Waals surface area contributed by atoms with E-state index in [1.54, 1.807) is 6.20 Å². The van der Waals surface area contributed by atoms with E-state index in [1.165, 1.54) is 0 Å². The lowest BCUT2D eigenvalue weighted by Gasteiger charge is -2.10. The molecule has 1 aromatic carbocycles. The zero-order chi connectivity index (χ0) is 12.3. The molecule has 0 amide bonds. The molecule has 1 N–H and O–H groups in total. The van der Waals surface area contributed by atoms with Crippen LogP contribution in [-0.4, -0.2) is 15.1 Å². The number of aliphatic hydroxyl groups excluding tert-OH is 1. The average Bonchev–Trinajstić information content (AvgIpc) is 2.35. The summed E-state index contributed by atoms with van der Waals surface area (Å²) in [4.78, 5) is 8.70. The summed E-state index contributed by atoms with van der Waals surface area (Å²) in [6, 6.07) is 7.65. The number of fused-ring (bicyclic) bond motifs is 1. The average molecular weight is 228 g/mol. The third-order valence-corrected chi connectivity index (χ3v) is 2.65. The molecular weight excluding hydrogens is 212 g/mol. The highest BCUT2D eigenvalue weighted by atomic mass is 16.3. The summed E-state index contributed by atoms with van der Waals surface area (Å²) in [5.74, 6) is 0. The Labute approximate surface area is 101 Å². The zero-order valence-electron chi connectivity index (χ0n) is 9.93. The number of hydrogen-bond acceptors (Lipinski definition) is 3. The highest BCUT2D eigenvalue weighted by molar-refractivity contribution is 5.73. The van der Waals surface area contributed by atoms with Crippen LogP contribution in [0.2, 0.25) is 0 Å². The highest BCUT2D eigenvalue weighted by Gasteiger charge is 2.10. The molecule has 0 spiro atoms. The van der Waals surface area contributed by atoms with Crippen LogP contribution in [0.5, 0.6) is 0 Å². The number of aliphatic hydroxyl groups is 1. The fourth-order valence-corrected chi connectivity index (χ4v) is 1.66. The van der Waals surface area contributed by atoms with Gasteiger partial charge in [-0.15, -0.1) is 6.58 Å². The lowest BCUT2D eigenvalue weighted by molar-refractivity contribution is 0.163. The molecule has 0 bridgehead atoms. The minimum absolute atomic E-state index is 0.566. The molecule has 3 heteroatoms. The van der Waals surface area contributed by atoms with Crippen molar-refractivity contribution in [3.8, 4) is 0 Å². The van der Waals surface area contributed by atoms with Gasteiger partial charge in [0, 0.05) is 0 Å². The maximum absolute atomic E-state index is 9.99. The van der Waals surface area contributed by atoms with Crippen LogP contribution in [0.3, 0.4) is 0 Å². The van der Waals surface area contributed by atoms with Crippen LogP contribution in [0, 0.1) is 0 Å². The van der Waals surface area contributed by atoms with Crippen molar-refractivity contribution >= 4 is 11.0 Å². The predicted octanol–water partition coefficient (Wildman–Crippen LogP) is 3.02. The van der Waals surface area contributed by atoms with Crippen molar-refractivity contribution in [1.82, 2.24) is 9.97 Å². The van der Waals surface area contributed by atoms with Crippen LogP contribution in [0.4, 0.5) is 0 Å². The summed E-state index contributed by atoms with van der Waals surface area (Å²) in [6.45, 7) is 5.78. The molecule has 0 saturated heterocycles. The molecule has 1 aromatic heterocycles. The molecule has 1 atom stereocenters. The van der Waals surface area contributed by atoms with Crippen molar-refractivity contribution in [2.75, 3.05) is 0 Å². The van der Waals surface area contributed by atoms with Crippen LogP contribution in [-0.2, 0) is 0 Å². The zero-order valence-corrected chi connectivity index (χ0v) is 9.93. The summed E-state index contributed by atoms with van der Waals surface area (Å²) < 4.78 is 0. The Hall–Kier alpha value is -1.74. The first-order valence-electron chi connectivity index (χ1n) is 5.71. The lowest BCUT2D eigenvalue weighted by atomic mass is 10.1. The van der Waals surface area contributed by atoms with Gasteiger partial charge >= 0.3 is 0 Å². The SMILES string of the molecule is C=C(C)CCC(O)c1cnc2ccccc2n1. The molecular formula is C14H16N2O. The number of hydrogen-bond donors (Lipinski definition) is 1. The summed E-state index contributed by atoms with van der Waals surface area (Å²) in [7, 11) is 0. The topological polar surface area (TPSA) is 46.0 Å². The summed E-state index contributed by atoms with van der Waals surface area (Å²) in [6.07, 6.45) is 2.52. The van der Waals surface area contributed by atoms with E-state index in [1.807, 2.05) is 31.2 Å². The van der Waals surface area contributed by atoms with E-state index in [-0.39, 0.29) is 0 Å². The molecule has 0 radical (unpaired) electrons. The Kier molecular flexibility index (Phi) is 3.49. The Morgan fingerprint density at radius 2 is 2.06 bits per heavy atom. The Morgan fingerprint density at radius 1 is 1.35 bits per heavy atom. The fourth-order valence-electron chi connectivity index (χ4n) is 1.66. The molecule has 3 nitrogen and oxygen atoms in total. The van der Waals surface area contributed by atoms with Crippen LogP contribution in [0.25, 0.3) is 11.0 Å². The maximum Gasteiger partial charge on any atom is 0.0978 e. The molecule has 0 aliphatic heterocycles. The third-order valence-electron chi connectivity index (χ3n) is 2.65. The highest BCUT2D eigenvalue weighted by Crippen LogP contribution is 2.19. The molecule has 2 aromatic rings. The van der Waals surface area contributed by atoms with Crippen LogP contribution in [0.1, 0.15) is 31.6 Å². The van der Waals surface area contributed by atoms with Crippen molar-refractivity contribution < 1.29 is 5.11 Å². The van der Waals surface area contributed by atoms with Gasteiger partial charge in [-0.25, -0.2) is 4.98 Å². The maximum atomic E-state index is 9.99. The van der Waals surface area contributed by atoms with E-state index in [9.17, 15) is 5.11 Å². The number of para-hydroxylation sites is 2. The Bertz CT molecular complexity index is 536. The second-order valence-corrected chi connectivity index (χ2v) is 4.30. The van der Waals surface area contributed by atoms with Gasteiger partial charge in [-0.3, -0.25) is 4.98 Å². The van der Waals surface area contributed by atoms with Gasteiger partial charge in [0.2, 0.25) is 0 Å². The number of rotatable bonds is 4. The van der Waals surface area contributed by atoms with Gasteiger partial charge in [-0.2, -0.15) is 0 Å². The van der Waals surface area contributed by atoms with Crippen LogP contribution in [0.15, 0.2) is 42.6 Å². The Morgan fingerprint density at radius 3 is 2.76 bits per heavy atom. The molecule has 17 heavy (non-hydrogen) atoms. The molecule has 0 aliphatic carbocycles. The van der Waals surface area contributed by atoms with E-state index in [4.69, 9.17) is 0 Å².